The minimum atomic E-state index is 0.0158. The van der Waals surface area contributed by atoms with Crippen molar-refractivity contribution in [3.05, 3.63) is 23.0 Å². The lowest BCUT2D eigenvalue weighted by molar-refractivity contribution is 0.0936. The van der Waals surface area contributed by atoms with Gasteiger partial charge in [0.25, 0.3) is 0 Å². The van der Waals surface area contributed by atoms with Gasteiger partial charge >= 0.3 is 0 Å². The lowest BCUT2D eigenvalue weighted by Crippen LogP contribution is -2.30. The van der Waals surface area contributed by atoms with Crippen LogP contribution in [0.1, 0.15) is 56.4 Å². The van der Waals surface area contributed by atoms with Gasteiger partial charge in [0.1, 0.15) is 0 Å². The van der Waals surface area contributed by atoms with Crippen LogP contribution in [0.15, 0.2) is 6.07 Å². The number of aromatic nitrogens is 1. The van der Waals surface area contributed by atoms with Gasteiger partial charge in [0, 0.05) is 22.5 Å². The summed E-state index contributed by atoms with van der Waals surface area (Å²) in [6.45, 7) is 17.2. The van der Waals surface area contributed by atoms with Gasteiger partial charge < -0.3 is 4.57 Å². The number of carbonyl (C=O) groups is 1. The van der Waals surface area contributed by atoms with Gasteiger partial charge in [0.15, 0.2) is 5.78 Å². The highest BCUT2D eigenvalue weighted by molar-refractivity contribution is 5.99. The Morgan fingerprint density at radius 1 is 1.21 bits per heavy atom. The molecule has 0 aliphatic rings. The van der Waals surface area contributed by atoms with E-state index in [1.165, 1.54) is 0 Å². The molecule has 0 radical (unpaired) electrons. The minimum absolute atomic E-state index is 0.0158. The summed E-state index contributed by atoms with van der Waals surface area (Å²) in [6.07, 6.45) is 0. The SMILES string of the molecule is CCN(CC)CC(=O)c1cc(C)n(C(C)(C)C)c1C. The predicted octanol–water partition coefficient (Wildman–Crippen LogP) is 3.38. The Balaban J connectivity index is 3.06. The predicted molar refractivity (Wildman–Crippen MR) is 81.0 cm³/mol. The molecule has 19 heavy (non-hydrogen) atoms. The zero-order valence-electron chi connectivity index (χ0n) is 13.5. The number of ketones is 1. The Hall–Kier alpha value is -1.09. The van der Waals surface area contributed by atoms with Crippen LogP contribution in [0, 0.1) is 13.8 Å². The first-order valence-corrected chi connectivity index (χ1v) is 7.17. The fourth-order valence-electron chi connectivity index (χ4n) is 2.81. The van der Waals surface area contributed by atoms with E-state index >= 15 is 0 Å². The van der Waals surface area contributed by atoms with Gasteiger partial charge in [-0.15, -0.1) is 0 Å². The van der Waals surface area contributed by atoms with Crippen LogP contribution >= 0.6 is 0 Å². The van der Waals surface area contributed by atoms with Crippen LogP contribution < -0.4 is 0 Å². The molecule has 0 atom stereocenters. The molecule has 3 nitrogen and oxygen atoms in total. The van der Waals surface area contributed by atoms with Gasteiger partial charge in [0.2, 0.25) is 0 Å². The van der Waals surface area contributed by atoms with E-state index in [0.29, 0.717) is 6.54 Å². The second-order valence-electron chi connectivity index (χ2n) is 6.18. The number of carbonyl (C=O) groups excluding carboxylic acids is 1. The lowest BCUT2D eigenvalue weighted by atomic mass is 10.1. The van der Waals surface area contributed by atoms with Crippen LogP contribution in [0.25, 0.3) is 0 Å². The standard InChI is InChI=1S/C16H28N2O/c1-8-17(9-2)11-15(19)14-10-12(3)18(13(14)4)16(5,6)7/h10H,8-9,11H2,1-7H3. The number of aryl methyl sites for hydroxylation is 1. The average Bonchev–Trinajstić information content (AvgIpc) is 2.60. The van der Waals surface area contributed by atoms with E-state index in [1.54, 1.807) is 0 Å². The first kappa shape index (κ1) is 16.0. The number of hydrogen-bond acceptors (Lipinski definition) is 2. The van der Waals surface area contributed by atoms with Crippen molar-refractivity contribution < 1.29 is 4.79 Å². The molecule has 1 heterocycles. The van der Waals surface area contributed by atoms with E-state index in [0.717, 1.165) is 30.0 Å². The van der Waals surface area contributed by atoms with Crippen molar-refractivity contribution in [1.82, 2.24) is 9.47 Å². The summed E-state index contributed by atoms with van der Waals surface area (Å²) in [5.74, 6) is 0.229. The van der Waals surface area contributed by atoms with Crippen molar-refractivity contribution in [2.75, 3.05) is 19.6 Å². The van der Waals surface area contributed by atoms with E-state index in [2.05, 4.69) is 51.0 Å². The van der Waals surface area contributed by atoms with E-state index < -0.39 is 0 Å². The van der Waals surface area contributed by atoms with Crippen LogP contribution in [0.5, 0.6) is 0 Å². The summed E-state index contributed by atoms with van der Waals surface area (Å²) in [5.41, 5.74) is 3.14. The number of nitrogens with zero attached hydrogens (tertiary/aromatic N) is 2. The molecule has 0 amide bonds. The Labute approximate surface area is 117 Å². The van der Waals surface area contributed by atoms with Gasteiger partial charge in [-0.1, -0.05) is 13.8 Å². The molecular formula is C16H28N2O. The van der Waals surface area contributed by atoms with Crippen LogP contribution in [0.4, 0.5) is 0 Å². The first-order chi connectivity index (χ1) is 8.72. The molecule has 0 unspecified atom stereocenters. The molecular weight excluding hydrogens is 236 g/mol. The van der Waals surface area contributed by atoms with Gasteiger partial charge in [-0.25, -0.2) is 0 Å². The largest absolute Gasteiger partial charge is 0.343 e. The molecule has 0 fully saturated rings. The molecule has 0 spiro atoms. The maximum Gasteiger partial charge on any atom is 0.178 e. The molecule has 108 valence electrons. The molecule has 0 aliphatic heterocycles. The van der Waals surface area contributed by atoms with Crippen molar-refractivity contribution in [2.45, 2.75) is 54.0 Å². The van der Waals surface area contributed by atoms with Gasteiger partial charge in [-0.2, -0.15) is 0 Å². The highest BCUT2D eigenvalue weighted by Gasteiger charge is 2.23. The summed E-state index contributed by atoms with van der Waals surface area (Å²) >= 11 is 0. The van der Waals surface area contributed by atoms with Crippen LogP contribution in [0.2, 0.25) is 0 Å². The van der Waals surface area contributed by atoms with Crippen molar-refractivity contribution in [3.63, 3.8) is 0 Å². The quantitative estimate of drug-likeness (QED) is 0.762. The maximum atomic E-state index is 12.4. The fraction of sp³-hybridized carbons (Fsp3) is 0.688. The Morgan fingerprint density at radius 2 is 1.74 bits per heavy atom. The van der Waals surface area contributed by atoms with Crippen molar-refractivity contribution >= 4 is 5.78 Å². The maximum absolute atomic E-state index is 12.4. The summed E-state index contributed by atoms with van der Waals surface area (Å²) in [7, 11) is 0. The second kappa shape index (κ2) is 5.91. The lowest BCUT2D eigenvalue weighted by Gasteiger charge is -2.26. The average molecular weight is 264 g/mol. The summed E-state index contributed by atoms with van der Waals surface area (Å²) in [4.78, 5) is 14.6. The number of hydrogen-bond donors (Lipinski definition) is 0. The monoisotopic (exact) mass is 264 g/mol. The third-order valence-corrected chi connectivity index (χ3v) is 3.66. The molecule has 3 heteroatoms. The summed E-state index contributed by atoms with van der Waals surface area (Å²) < 4.78 is 2.25. The molecule has 1 aromatic rings. The van der Waals surface area contributed by atoms with Crippen molar-refractivity contribution in [3.8, 4) is 0 Å². The fourth-order valence-corrected chi connectivity index (χ4v) is 2.81. The second-order valence-corrected chi connectivity index (χ2v) is 6.18. The molecule has 1 aromatic heterocycles. The number of likely N-dealkylation sites (N-methyl/N-ethyl adjacent to an activating group) is 1. The zero-order valence-corrected chi connectivity index (χ0v) is 13.5. The van der Waals surface area contributed by atoms with Gasteiger partial charge in [-0.3, -0.25) is 9.69 Å². The Kier molecular flexibility index (Phi) is 4.97. The van der Waals surface area contributed by atoms with Crippen LogP contribution in [0.3, 0.4) is 0 Å². The van der Waals surface area contributed by atoms with Crippen molar-refractivity contribution in [2.24, 2.45) is 0 Å². The normalized spacial score (nSPS) is 12.2. The van der Waals surface area contributed by atoms with Gasteiger partial charge in [0.05, 0.1) is 6.54 Å². The minimum Gasteiger partial charge on any atom is -0.343 e. The molecule has 0 saturated heterocycles. The topological polar surface area (TPSA) is 25.2 Å². The smallest absolute Gasteiger partial charge is 0.178 e. The number of Topliss-reactive ketones (excluding diaryl/α,β-unsaturated/α-hetero) is 1. The molecule has 0 bridgehead atoms. The molecule has 1 rings (SSSR count). The van der Waals surface area contributed by atoms with Gasteiger partial charge in [-0.05, 0) is 53.8 Å². The highest BCUT2D eigenvalue weighted by Crippen LogP contribution is 2.24. The molecule has 0 saturated carbocycles. The van der Waals surface area contributed by atoms with E-state index in [4.69, 9.17) is 0 Å². The van der Waals surface area contributed by atoms with Crippen molar-refractivity contribution in [1.29, 1.82) is 0 Å². The van der Waals surface area contributed by atoms with E-state index in [-0.39, 0.29) is 11.3 Å². The van der Waals surface area contributed by atoms with E-state index in [1.807, 2.05) is 13.0 Å². The number of rotatable bonds is 5. The molecule has 0 aromatic carbocycles. The Bertz CT molecular complexity index is 448. The van der Waals surface area contributed by atoms with Crippen LogP contribution in [-0.4, -0.2) is 34.9 Å². The third-order valence-electron chi connectivity index (χ3n) is 3.66. The molecule has 0 aliphatic carbocycles. The van der Waals surface area contributed by atoms with E-state index in [9.17, 15) is 4.79 Å². The summed E-state index contributed by atoms with van der Waals surface area (Å²) in [5, 5.41) is 0. The first-order valence-electron chi connectivity index (χ1n) is 7.17. The Morgan fingerprint density at radius 3 is 2.11 bits per heavy atom. The zero-order chi connectivity index (χ0) is 14.8. The van der Waals surface area contributed by atoms with Crippen LogP contribution in [-0.2, 0) is 5.54 Å². The third kappa shape index (κ3) is 3.47. The molecule has 0 N–H and O–H groups in total. The highest BCUT2D eigenvalue weighted by atomic mass is 16.1. The summed E-state index contributed by atoms with van der Waals surface area (Å²) in [6, 6.07) is 2.03.